The number of halogens is 1. The van der Waals surface area contributed by atoms with Crippen molar-refractivity contribution in [2.45, 2.75) is 43.5 Å². The Morgan fingerprint density at radius 2 is 2.30 bits per heavy atom. The number of rotatable bonds is 4. The van der Waals surface area contributed by atoms with Crippen molar-refractivity contribution in [3.63, 3.8) is 0 Å². The fourth-order valence-electron chi connectivity index (χ4n) is 2.61. The third-order valence-corrected chi connectivity index (χ3v) is 4.80. The lowest BCUT2D eigenvalue weighted by atomic mass is 10.0. The second-order valence-corrected chi connectivity index (χ2v) is 6.13. The first-order chi connectivity index (χ1) is 9.61. The molecule has 1 aliphatic heterocycles. The number of hydrogen-bond acceptors (Lipinski definition) is 3. The van der Waals surface area contributed by atoms with E-state index in [9.17, 15) is 9.18 Å². The number of benzene rings is 1. The van der Waals surface area contributed by atoms with Crippen LogP contribution in [0.5, 0.6) is 0 Å². The Morgan fingerprint density at radius 3 is 3.05 bits per heavy atom. The first kappa shape index (κ1) is 15.2. The molecule has 0 aromatic heterocycles. The van der Waals surface area contributed by atoms with Gasteiger partial charge in [0, 0.05) is 23.2 Å². The molecule has 1 aromatic rings. The summed E-state index contributed by atoms with van der Waals surface area (Å²) in [5.74, 6) is 0.133. The molecule has 0 spiro atoms. The summed E-state index contributed by atoms with van der Waals surface area (Å²) >= 11 is 1.32. The van der Waals surface area contributed by atoms with Crippen molar-refractivity contribution in [2.75, 3.05) is 18.0 Å². The molecule has 20 heavy (non-hydrogen) atoms. The normalized spacial score (nSPS) is 19.1. The van der Waals surface area contributed by atoms with E-state index in [1.165, 1.54) is 36.4 Å². The second kappa shape index (κ2) is 6.97. The lowest BCUT2D eigenvalue weighted by molar-refractivity contribution is -0.132. The molecule has 1 aromatic carbocycles. The number of amides is 1. The van der Waals surface area contributed by atoms with Gasteiger partial charge < -0.3 is 10.6 Å². The zero-order chi connectivity index (χ0) is 14.5. The standard InChI is InChI=1S/C15H21FN2OS/c1-2-12-5-3-4-8-18(12)15(19)10-20-14-9-11(16)6-7-13(14)17/h6-7,9,12H,2-5,8,10,17H2,1H3. The van der Waals surface area contributed by atoms with Crippen LogP contribution in [-0.4, -0.2) is 29.1 Å². The number of anilines is 1. The van der Waals surface area contributed by atoms with Gasteiger partial charge in [0.05, 0.1) is 5.75 Å². The molecule has 1 unspecified atom stereocenters. The second-order valence-electron chi connectivity index (χ2n) is 5.12. The summed E-state index contributed by atoms with van der Waals surface area (Å²) in [6, 6.07) is 4.62. The Bertz CT molecular complexity index is 481. The number of nitrogens with zero attached hydrogens (tertiary/aromatic N) is 1. The van der Waals surface area contributed by atoms with Gasteiger partial charge in [0.25, 0.3) is 0 Å². The maximum absolute atomic E-state index is 13.2. The smallest absolute Gasteiger partial charge is 0.233 e. The van der Waals surface area contributed by atoms with Crippen molar-refractivity contribution >= 4 is 23.4 Å². The predicted octanol–water partition coefficient (Wildman–Crippen LogP) is 3.29. The highest BCUT2D eigenvalue weighted by Crippen LogP contribution is 2.27. The third-order valence-electron chi connectivity index (χ3n) is 3.75. The van der Waals surface area contributed by atoms with Crippen LogP contribution in [0.3, 0.4) is 0 Å². The molecule has 1 heterocycles. The zero-order valence-corrected chi connectivity index (χ0v) is 12.6. The average Bonchev–Trinajstić information content (AvgIpc) is 2.47. The van der Waals surface area contributed by atoms with Crippen LogP contribution in [0.4, 0.5) is 10.1 Å². The highest BCUT2D eigenvalue weighted by molar-refractivity contribution is 8.00. The van der Waals surface area contributed by atoms with Crippen molar-refractivity contribution in [1.82, 2.24) is 4.90 Å². The van der Waals surface area contributed by atoms with Crippen molar-refractivity contribution in [2.24, 2.45) is 0 Å². The fraction of sp³-hybridized carbons (Fsp3) is 0.533. The first-order valence-electron chi connectivity index (χ1n) is 7.09. The van der Waals surface area contributed by atoms with E-state index in [1.807, 2.05) is 4.90 Å². The molecule has 0 bridgehead atoms. The topological polar surface area (TPSA) is 46.3 Å². The predicted molar refractivity (Wildman–Crippen MR) is 81.2 cm³/mol. The molecular weight excluding hydrogens is 275 g/mol. The van der Waals surface area contributed by atoms with Gasteiger partial charge in [-0.3, -0.25) is 4.79 Å². The largest absolute Gasteiger partial charge is 0.398 e. The van der Waals surface area contributed by atoms with E-state index in [1.54, 1.807) is 0 Å². The Balaban J connectivity index is 1.95. The van der Waals surface area contributed by atoms with Crippen molar-refractivity contribution in [3.8, 4) is 0 Å². The molecule has 5 heteroatoms. The van der Waals surface area contributed by atoms with Crippen LogP contribution >= 0.6 is 11.8 Å². The van der Waals surface area contributed by atoms with Crippen LogP contribution in [0, 0.1) is 5.82 Å². The summed E-state index contributed by atoms with van der Waals surface area (Å²) in [6.07, 6.45) is 4.37. The summed E-state index contributed by atoms with van der Waals surface area (Å²) in [5, 5.41) is 0. The monoisotopic (exact) mass is 296 g/mol. The SMILES string of the molecule is CCC1CCCCN1C(=O)CSc1cc(F)ccc1N. The van der Waals surface area contributed by atoms with Crippen LogP contribution in [0.15, 0.2) is 23.1 Å². The molecule has 0 aliphatic carbocycles. The van der Waals surface area contributed by atoms with Gasteiger partial charge in [0.15, 0.2) is 0 Å². The molecular formula is C15H21FN2OS. The van der Waals surface area contributed by atoms with E-state index in [0.717, 1.165) is 25.8 Å². The van der Waals surface area contributed by atoms with Gasteiger partial charge >= 0.3 is 0 Å². The van der Waals surface area contributed by atoms with E-state index in [2.05, 4.69) is 6.92 Å². The minimum absolute atomic E-state index is 0.130. The summed E-state index contributed by atoms with van der Waals surface area (Å²) < 4.78 is 13.2. The number of hydrogen-bond donors (Lipinski definition) is 1. The van der Waals surface area contributed by atoms with Crippen LogP contribution in [0.2, 0.25) is 0 Å². The van der Waals surface area contributed by atoms with Crippen LogP contribution in [0.1, 0.15) is 32.6 Å². The van der Waals surface area contributed by atoms with E-state index in [4.69, 9.17) is 5.73 Å². The molecule has 0 radical (unpaired) electrons. The van der Waals surface area contributed by atoms with Gasteiger partial charge in [0.1, 0.15) is 5.82 Å². The molecule has 1 fully saturated rings. The van der Waals surface area contributed by atoms with Crippen molar-refractivity contribution in [1.29, 1.82) is 0 Å². The Hall–Kier alpha value is -1.23. The van der Waals surface area contributed by atoms with E-state index in [0.29, 0.717) is 22.4 Å². The van der Waals surface area contributed by atoms with E-state index >= 15 is 0 Å². The Morgan fingerprint density at radius 1 is 1.50 bits per heavy atom. The highest BCUT2D eigenvalue weighted by Gasteiger charge is 2.25. The van der Waals surface area contributed by atoms with Crippen LogP contribution < -0.4 is 5.73 Å². The van der Waals surface area contributed by atoms with Crippen LogP contribution in [0.25, 0.3) is 0 Å². The van der Waals surface area contributed by atoms with Gasteiger partial charge in [0.2, 0.25) is 5.91 Å². The number of nitrogens with two attached hydrogens (primary N) is 1. The third kappa shape index (κ3) is 3.66. The number of thioether (sulfide) groups is 1. The average molecular weight is 296 g/mol. The zero-order valence-electron chi connectivity index (χ0n) is 11.8. The highest BCUT2D eigenvalue weighted by atomic mass is 32.2. The van der Waals surface area contributed by atoms with Gasteiger partial charge in [-0.15, -0.1) is 11.8 Å². The number of carbonyl (C=O) groups is 1. The number of piperidine rings is 1. The molecule has 1 saturated heterocycles. The quantitative estimate of drug-likeness (QED) is 0.685. The molecule has 0 saturated carbocycles. The minimum Gasteiger partial charge on any atom is -0.398 e. The van der Waals surface area contributed by atoms with Gasteiger partial charge in [-0.1, -0.05) is 6.92 Å². The summed E-state index contributed by atoms with van der Waals surface area (Å²) in [7, 11) is 0. The van der Waals surface area contributed by atoms with E-state index in [-0.39, 0.29) is 11.7 Å². The maximum atomic E-state index is 13.2. The van der Waals surface area contributed by atoms with Gasteiger partial charge in [-0.05, 0) is 43.9 Å². The molecule has 1 amide bonds. The Kier molecular flexibility index (Phi) is 5.29. The maximum Gasteiger partial charge on any atom is 0.233 e. The van der Waals surface area contributed by atoms with E-state index < -0.39 is 0 Å². The minimum atomic E-state index is -0.321. The number of carbonyl (C=O) groups excluding carboxylic acids is 1. The van der Waals surface area contributed by atoms with Crippen molar-refractivity contribution < 1.29 is 9.18 Å². The molecule has 1 aliphatic rings. The fourth-order valence-corrected chi connectivity index (χ4v) is 3.48. The molecule has 3 nitrogen and oxygen atoms in total. The Labute approximate surface area is 123 Å². The van der Waals surface area contributed by atoms with Gasteiger partial charge in [-0.2, -0.15) is 0 Å². The number of likely N-dealkylation sites (tertiary alicyclic amines) is 1. The lowest BCUT2D eigenvalue weighted by Gasteiger charge is -2.35. The number of nitrogen functional groups attached to an aromatic ring is 1. The summed E-state index contributed by atoms with van der Waals surface area (Å²) in [5.41, 5.74) is 6.32. The first-order valence-corrected chi connectivity index (χ1v) is 8.07. The molecule has 2 rings (SSSR count). The molecule has 2 N–H and O–H groups in total. The van der Waals surface area contributed by atoms with Crippen molar-refractivity contribution in [3.05, 3.63) is 24.0 Å². The van der Waals surface area contributed by atoms with Gasteiger partial charge in [-0.25, -0.2) is 4.39 Å². The molecule has 110 valence electrons. The molecule has 1 atom stereocenters. The van der Waals surface area contributed by atoms with Crippen LogP contribution in [-0.2, 0) is 4.79 Å². The summed E-state index contributed by atoms with van der Waals surface area (Å²) in [4.78, 5) is 14.9. The lowest BCUT2D eigenvalue weighted by Crippen LogP contribution is -2.44. The summed E-state index contributed by atoms with van der Waals surface area (Å²) in [6.45, 7) is 2.96.